The predicted octanol–water partition coefficient (Wildman–Crippen LogP) is 4.19. The van der Waals surface area contributed by atoms with Crippen LogP contribution in [-0.4, -0.2) is 29.5 Å². The number of benzene rings is 2. The highest BCUT2D eigenvalue weighted by Gasteiger charge is 2.34. The second kappa shape index (κ2) is 8.50. The maximum Gasteiger partial charge on any atom is 0.128 e. The van der Waals surface area contributed by atoms with Crippen molar-refractivity contribution in [3.05, 3.63) is 64.6 Å². The first kappa shape index (κ1) is 19.8. The van der Waals surface area contributed by atoms with Crippen LogP contribution >= 0.6 is 11.6 Å². The van der Waals surface area contributed by atoms with Crippen LogP contribution in [0.5, 0.6) is 0 Å². The molecule has 0 saturated carbocycles. The maximum absolute atomic E-state index is 13.4. The number of nitrogens with one attached hydrogen (secondary N) is 1. The van der Waals surface area contributed by atoms with Crippen LogP contribution in [0.4, 0.5) is 4.39 Å². The van der Waals surface area contributed by atoms with Crippen LogP contribution < -0.4 is 5.32 Å². The molecule has 0 radical (unpaired) electrons. The summed E-state index contributed by atoms with van der Waals surface area (Å²) < 4.78 is 21.3. The highest BCUT2D eigenvalue weighted by molar-refractivity contribution is 6.31. The van der Waals surface area contributed by atoms with Gasteiger partial charge in [0, 0.05) is 21.4 Å². The Morgan fingerprint density at radius 3 is 2.72 bits per heavy atom. The Balaban J connectivity index is 1.57. The molecule has 2 aromatic carbocycles. The smallest absolute Gasteiger partial charge is 0.128 e. The minimum Gasteiger partial charge on any atom is -0.376 e. The molecular weight excluding hydrogens is 391 g/mol. The molecule has 1 aliphatic rings. The number of hydrogen-bond acceptors (Lipinski definition) is 4. The second-order valence-corrected chi connectivity index (χ2v) is 7.93. The molecule has 7 heteroatoms. The van der Waals surface area contributed by atoms with Gasteiger partial charge in [0.25, 0.3) is 0 Å². The van der Waals surface area contributed by atoms with Gasteiger partial charge < -0.3 is 10.1 Å². The summed E-state index contributed by atoms with van der Waals surface area (Å²) in [5.41, 5.74) is 2.73. The van der Waals surface area contributed by atoms with Gasteiger partial charge in [-0.2, -0.15) is 10.4 Å². The summed E-state index contributed by atoms with van der Waals surface area (Å²) in [6.07, 6.45) is 3.57. The van der Waals surface area contributed by atoms with E-state index in [0.29, 0.717) is 18.2 Å². The Hall–Kier alpha value is -2.46. The van der Waals surface area contributed by atoms with Gasteiger partial charge in [0.1, 0.15) is 12.4 Å². The summed E-state index contributed by atoms with van der Waals surface area (Å²) in [6, 6.07) is 12.6. The summed E-state index contributed by atoms with van der Waals surface area (Å²) >= 11 is 6.27. The highest BCUT2D eigenvalue weighted by atomic mass is 35.5. The van der Waals surface area contributed by atoms with Crippen LogP contribution in [0.3, 0.4) is 0 Å². The molecule has 1 aromatic heterocycles. The number of fused-ring (bicyclic) bond motifs is 1. The number of piperidine rings is 1. The SMILES string of the molecule is N#CCn1ncc2cc(Cl)cc(COCC3(c4ccc(F)cc4)CCNCC3)c21. The van der Waals surface area contributed by atoms with E-state index in [4.69, 9.17) is 21.6 Å². The van der Waals surface area contributed by atoms with Crippen molar-refractivity contribution in [3.8, 4) is 6.07 Å². The van der Waals surface area contributed by atoms with Gasteiger partial charge in [-0.3, -0.25) is 4.68 Å². The maximum atomic E-state index is 13.4. The van der Waals surface area contributed by atoms with Gasteiger partial charge >= 0.3 is 0 Å². The zero-order valence-corrected chi connectivity index (χ0v) is 16.8. The van der Waals surface area contributed by atoms with Crippen molar-refractivity contribution < 1.29 is 9.13 Å². The Morgan fingerprint density at radius 1 is 1.24 bits per heavy atom. The van der Waals surface area contributed by atoms with Crippen molar-refractivity contribution in [2.75, 3.05) is 19.7 Å². The first-order valence-electron chi connectivity index (χ1n) is 9.67. The highest BCUT2D eigenvalue weighted by Crippen LogP contribution is 2.35. The van der Waals surface area contributed by atoms with E-state index in [0.717, 1.165) is 48.0 Å². The molecule has 4 rings (SSSR count). The van der Waals surface area contributed by atoms with E-state index in [1.165, 1.54) is 12.1 Å². The normalized spacial score (nSPS) is 16.0. The largest absolute Gasteiger partial charge is 0.376 e. The minimum atomic E-state index is -0.231. The molecule has 1 aliphatic heterocycles. The standard InChI is InChI=1S/C22H22ClFN4O/c23-19-11-16-13-27-28(10-7-25)21(16)17(12-19)14-29-15-22(5-8-26-9-6-22)18-1-3-20(24)4-2-18/h1-4,11-13,26H,5-6,8-10,14-15H2. The van der Waals surface area contributed by atoms with Crippen molar-refractivity contribution in [2.24, 2.45) is 0 Å². The molecular formula is C22H22ClFN4O. The summed E-state index contributed by atoms with van der Waals surface area (Å²) in [7, 11) is 0. The van der Waals surface area contributed by atoms with E-state index in [1.54, 1.807) is 10.9 Å². The molecule has 29 heavy (non-hydrogen) atoms. The number of nitriles is 1. The fourth-order valence-corrected chi connectivity index (χ4v) is 4.41. The number of rotatable bonds is 6. The molecule has 3 aromatic rings. The zero-order chi connectivity index (χ0) is 20.3. The molecule has 0 aliphatic carbocycles. The van der Waals surface area contributed by atoms with Gasteiger partial charge in [-0.05, 0) is 55.8 Å². The Kier molecular flexibility index (Phi) is 5.81. The van der Waals surface area contributed by atoms with Gasteiger partial charge in [0.05, 0.1) is 31.0 Å². The molecule has 2 heterocycles. The Morgan fingerprint density at radius 2 is 2.00 bits per heavy atom. The van der Waals surface area contributed by atoms with Crippen molar-refractivity contribution in [3.63, 3.8) is 0 Å². The third-order valence-corrected chi connectivity index (χ3v) is 5.87. The molecule has 0 amide bonds. The number of aromatic nitrogens is 2. The number of ether oxygens (including phenoxy) is 1. The Bertz CT molecular complexity index is 1040. The van der Waals surface area contributed by atoms with Crippen LogP contribution in [0.1, 0.15) is 24.0 Å². The van der Waals surface area contributed by atoms with E-state index < -0.39 is 0 Å². The van der Waals surface area contributed by atoms with Crippen molar-refractivity contribution in [1.29, 1.82) is 5.26 Å². The van der Waals surface area contributed by atoms with E-state index in [1.807, 2.05) is 24.3 Å². The van der Waals surface area contributed by atoms with E-state index >= 15 is 0 Å². The van der Waals surface area contributed by atoms with E-state index in [2.05, 4.69) is 16.5 Å². The third kappa shape index (κ3) is 4.13. The van der Waals surface area contributed by atoms with Gasteiger partial charge in [-0.25, -0.2) is 4.39 Å². The lowest BCUT2D eigenvalue weighted by molar-refractivity contribution is 0.0569. The molecule has 0 unspecified atom stereocenters. The third-order valence-electron chi connectivity index (χ3n) is 5.65. The summed E-state index contributed by atoms with van der Waals surface area (Å²) in [6.45, 7) is 2.86. The van der Waals surface area contributed by atoms with Gasteiger partial charge in [0.2, 0.25) is 0 Å². The second-order valence-electron chi connectivity index (χ2n) is 7.49. The predicted molar refractivity (Wildman–Crippen MR) is 110 cm³/mol. The fourth-order valence-electron chi connectivity index (χ4n) is 4.16. The molecule has 0 atom stereocenters. The zero-order valence-electron chi connectivity index (χ0n) is 16.0. The molecule has 0 spiro atoms. The van der Waals surface area contributed by atoms with Crippen LogP contribution in [0.15, 0.2) is 42.6 Å². The van der Waals surface area contributed by atoms with Crippen molar-refractivity contribution in [2.45, 2.75) is 31.4 Å². The molecule has 1 fully saturated rings. The number of hydrogen-bond donors (Lipinski definition) is 1. The van der Waals surface area contributed by atoms with Gasteiger partial charge in [-0.15, -0.1) is 0 Å². The first-order valence-corrected chi connectivity index (χ1v) is 10.0. The average molecular weight is 413 g/mol. The van der Waals surface area contributed by atoms with Crippen LogP contribution in [0.25, 0.3) is 10.9 Å². The molecule has 1 saturated heterocycles. The lowest BCUT2D eigenvalue weighted by atomic mass is 9.74. The van der Waals surface area contributed by atoms with Gasteiger partial charge in [-0.1, -0.05) is 23.7 Å². The molecule has 1 N–H and O–H groups in total. The lowest BCUT2D eigenvalue weighted by Crippen LogP contribution is -2.43. The van der Waals surface area contributed by atoms with E-state index in [-0.39, 0.29) is 17.8 Å². The quantitative estimate of drug-likeness (QED) is 0.659. The molecule has 0 bridgehead atoms. The van der Waals surface area contributed by atoms with Crippen LogP contribution in [-0.2, 0) is 23.3 Å². The monoisotopic (exact) mass is 412 g/mol. The Labute approximate surface area is 174 Å². The van der Waals surface area contributed by atoms with Crippen LogP contribution in [0, 0.1) is 17.1 Å². The van der Waals surface area contributed by atoms with Gasteiger partial charge in [0.15, 0.2) is 0 Å². The van der Waals surface area contributed by atoms with Crippen molar-refractivity contribution in [1.82, 2.24) is 15.1 Å². The number of halogens is 2. The molecule has 150 valence electrons. The summed E-state index contributed by atoms with van der Waals surface area (Å²) in [5, 5.41) is 18.3. The summed E-state index contributed by atoms with van der Waals surface area (Å²) in [5.74, 6) is -0.231. The summed E-state index contributed by atoms with van der Waals surface area (Å²) in [4.78, 5) is 0. The topological polar surface area (TPSA) is 62.9 Å². The van der Waals surface area contributed by atoms with Crippen LogP contribution in [0.2, 0.25) is 5.02 Å². The lowest BCUT2D eigenvalue weighted by Gasteiger charge is -2.38. The average Bonchev–Trinajstić information content (AvgIpc) is 3.12. The fraction of sp³-hybridized carbons (Fsp3) is 0.364. The van der Waals surface area contributed by atoms with E-state index in [9.17, 15) is 4.39 Å². The molecule has 5 nitrogen and oxygen atoms in total. The number of nitrogens with zero attached hydrogens (tertiary/aromatic N) is 3. The minimum absolute atomic E-state index is 0.149. The first-order chi connectivity index (χ1) is 14.1. The van der Waals surface area contributed by atoms with Crippen molar-refractivity contribution >= 4 is 22.5 Å².